The lowest BCUT2D eigenvalue weighted by molar-refractivity contribution is 0.222. The lowest BCUT2D eigenvalue weighted by atomic mass is 9.96. The molecule has 0 amide bonds. The average molecular weight is 218 g/mol. The first-order chi connectivity index (χ1) is 7.70. The molecule has 0 saturated carbocycles. The Morgan fingerprint density at radius 1 is 1.25 bits per heavy atom. The highest BCUT2D eigenvalue weighted by Gasteiger charge is 2.14. The highest BCUT2D eigenvalue weighted by Crippen LogP contribution is 2.28. The maximum Gasteiger partial charge on any atom is 0.134 e. The van der Waals surface area contributed by atoms with E-state index in [1.54, 1.807) is 0 Å². The van der Waals surface area contributed by atoms with Crippen molar-refractivity contribution in [3.05, 3.63) is 36.1 Å². The second-order valence-electron chi connectivity index (χ2n) is 4.61. The van der Waals surface area contributed by atoms with Crippen molar-refractivity contribution in [3.8, 4) is 0 Å². The molecule has 1 N–H and O–H groups in total. The van der Waals surface area contributed by atoms with Crippen molar-refractivity contribution in [2.75, 3.05) is 6.61 Å². The Morgan fingerprint density at radius 2 is 2.00 bits per heavy atom. The molecule has 0 radical (unpaired) electrons. The molecule has 0 saturated heterocycles. The largest absolute Gasteiger partial charge is 0.461 e. The van der Waals surface area contributed by atoms with Crippen LogP contribution in [0, 0.1) is 5.92 Å². The summed E-state index contributed by atoms with van der Waals surface area (Å²) in [5.74, 6) is 1.69. The third-order valence-corrected chi connectivity index (χ3v) is 3.00. The molecule has 0 fully saturated rings. The van der Waals surface area contributed by atoms with Gasteiger partial charge in [0.05, 0.1) is 0 Å². The third kappa shape index (κ3) is 2.27. The zero-order valence-corrected chi connectivity index (χ0v) is 9.81. The molecule has 0 spiro atoms. The van der Waals surface area contributed by atoms with Crippen molar-refractivity contribution in [3.63, 3.8) is 0 Å². The number of rotatable bonds is 4. The summed E-state index contributed by atoms with van der Waals surface area (Å²) >= 11 is 0. The van der Waals surface area contributed by atoms with E-state index in [-0.39, 0.29) is 6.61 Å². The van der Waals surface area contributed by atoms with Gasteiger partial charge in [-0.05, 0) is 24.5 Å². The highest BCUT2D eigenvalue weighted by atomic mass is 16.3. The Labute approximate surface area is 95.9 Å². The van der Waals surface area contributed by atoms with E-state index in [0.29, 0.717) is 11.8 Å². The number of hydrogen-bond acceptors (Lipinski definition) is 2. The van der Waals surface area contributed by atoms with Crippen LogP contribution in [-0.4, -0.2) is 11.7 Å². The summed E-state index contributed by atoms with van der Waals surface area (Å²) in [6.45, 7) is 4.44. The van der Waals surface area contributed by atoms with Gasteiger partial charge >= 0.3 is 0 Å². The molecule has 0 aliphatic heterocycles. The maximum absolute atomic E-state index is 9.04. The van der Waals surface area contributed by atoms with Gasteiger partial charge in [0.1, 0.15) is 11.3 Å². The standard InChI is InChI=1S/C14H18O2/c1-10(9-15)7-11(2)14-8-12-5-3-4-6-13(12)16-14/h3-6,8,10-11,15H,7,9H2,1-2H3/t10-,11-/m1/s1. The van der Waals surface area contributed by atoms with E-state index in [1.165, 1.54) is 0 Å². The fourth-order valence-corrected chi connectivity index (χ4v) is 2.04. The number of fused-ring (bicyclic) bond motifs is 1. The number of benzene rings is 1. The molecule has 0 bridgehead atoms. The molecule has 2 atom stereocenters. The minimum atomic E-state index is 0.241. The van der Waals surface area contributed by atoms with Gasteiger partial charge < -0.3 is 9.52 Å². The van der Waals surface area contributed by atoms with Crippen molar-refractivity contribution >= 4 is 11.0 Å². The molecule has 86 valence electrons. The van der Waals surface area contributed by atoms with E-state index >= 15 is 0 Å². The van der Waals surface area contributed by atoms with E-state index < -0.39 is 0 Å². The lowest BCUT2D eigenvalue weighted by Crippen LogP contribution is -2.05. The molecule has 1 aromatic heterocycles. The van der Waals surface area contributed by atoms with Gasteiger partial charge in [0, 0.05) is 17.9 Å². The lowest BCUT2D eigenvalue weighted by Gasteiger charge is -2.12. The molecule has 2 rings (SSSR count). The topological polar surface area (TPSA) is 33.4 Å². The monoisotopic (exact) mass is 218 g/mol. The van der Waals surface area contributed by atoms with E-state index in [2.05, 4.69) is 26.0 Å². The minimum absolute atomic E-state index is 0.241. The van der Waals surface area contributed by atoms with Crippen molar-refractivity contribution in [1.82, 2.24) is 0 Å². The summed E-state index contributed by atoms with van der Waals surface area (Å²) in [4.78, 5) is 0. The van der Waals surface area contributed by atoms with Crippen LogP contribution in [0.25, 0.3) is 11.0 Å². The summed E-state index contributed by atoms with van der Waals surface area (Å²) in [6, 6.07) is 10.1. The van der Waals surface area contributed by atoms with E-state index in [1.807, 2.05) is 18.2 Å². The van der Waals surface area contributed by atoms with Crippen LogP contribution in [0.15, 0.2) is 34.7 Å². The number of furan rings is 1. The first-order valence-corrected chi connectivity index (χ1v) is 5.80. The van der Waals surface area contributed by atoms with Crippen LogP contribution in [0.5, 0.6) is 0 Å². The van der Waals surface area contributed by atoms with Crippen LogP contribution in [0.3, 0.4) is 0 Å². The second-order valence-corrected chi connectivity index (χ2v) is 4.61. The smallest absolute Gasteiger partial charge is 0.134 e. The van der Waals surface area contributed by atoms with E-state index in [4.69, 9.17) is 9.52 Å². The first-order valence-electron chi connectivity index (χ1n) is 5.80. The van der Waals surface area contributed by atoms with Gasteiger partial charge in [-0.15, -0.1) is 0 Å². The van der Waals surface area contributed by atoms with Gasteiger partial charge in [-0.3, -0.25) is 0 Å². The molecule has 0 aliphatic carbocycles. The molecule has 2 aromatic rings. The average Bonchev–Trinajstić information content (AvgIpc) is 2.72. The number of hydrogen-bond donors (Lipinski definition) is 1. The van der Waals surface area contributed by atoms with E-state index in [9.17, 15) is 0 Å². The fourth-order valence-electron chi connectivity index (χ4n) is 2.04. The SMILES string of the molecule is C[C@@H](CO)C[C@@H](C)c1cc2ccccc2o1. The Bertz CT molecular complexity index is 425. The van der Waals surface area contributed by atoms with Crippen molar-refractivity contribution < 1.29 is 9.52 Å². The van der Waals surface area contributed by atoms with Crippen LogP contribution in [0.4, 0.5) is 0 Å². The zero-order chi connectivity index (χ0) is 11.5. The van der Waals surface area contributed by atoms with Crippen molar-refractivity contribution in [1.29, 1.82) is 0 Å². The fraction of sp³-hybridized carbons (Fsp3) is 0.429. The Balaban J connectivity index is 2.19. The summed E-state index contributed by atoms with van der Waals surface area (Å²) in [7, 11) is 0. The first kappa shape index (κ1) is 11.2. The second kappa shape index (κ2) is 4.71. The zero-order valence-electron chi connectivity index (χ0n) is 9.81. The summed E-state index contributed by atoms with van der Waals surface area (Å²) in [5, 5.41) is 10.2. The van der Waals surface area contributed by atoms with E-state index in [0.717, 1.165) is 23.2 Å². The Morgan fingerprint density at radius 3 is 2.69 bits per heavy atom. The molecular formula is C14H18O2. The van der Waals surface area contributed by atoms with Crippen molar-refractivity contribution in [2.24, 2.45) is 5.92 Å². The number of aliphatic hydroxyl groups excluding tert-OH is 1. The minimum Gasteiger partial charge on any atom is -0.461 e. The normalized spacial score (nSPS) is 15.2. The number of para-hydroxylation sites is 1. The van der Waals surface area contributed by atoms with Gasteiger partial charge in [-0.25, -0.2) is 0 Å². The molecule has 0 aliphatic rings. The predicted octanol–water partition coefficient (Wildman–Crippen LogP) is 3.55. The molecule has 2 heteroatoms. The van der Waals surface area contributed by atoms with Gasteiger partial charge in [-0.1, -0.05) is 32.0 Å². The van der Waals surface area contributed by atoms with Crippen molar-refractivity contribution in [2.45, 2.75) is 26.2 Å². The summed E-state index contributed by atoms with van der Waals surface area (Å²) in [5.41, 5.74) is 0.945. The van der Waals surface area contributed by atoms with Crippen LogP contribution in [0.2, 0.25) is 0 Å². The highest BCUT2D eigenvalue weighted by molar-refractivity contribution is 5.77. The van der Waals surface area contributed by atoms with Gasteiger partial charge in [-0.2, -0.15) is 0 Å². The maximum atomic E-state index is 9.04. The molecular weight excluding hydrogens is 200 g/mol. The molecule has 1 heterocycles. The Hall–Kier alpha value is -1.28. The summed E-state index contributed by atoms with van der Waals surface area (Å²) in [6.07, 6.45) is 0.955. The third-order valence-electron chi connectivity index (χ3n) is 3.00. The summed E-state index contributed by atoms with van der Waals surface area (Å²) < 4.78 is 5.79. The van der Waals surface area contributed by atoms with Gasteiger partial charge in [0.15, 0.2) is 0 Å². The Kier molecular flexibility index (Phi) is 3.30. The molecule has 2 nitrogen and oxygen atoms in total. The van der Waals surface area contributed by atoms with Crippen LogP contribution in [0.1, 0.15) is 31.9 Å². The molecule has 0 unspecified atom stereocenters. The number of aliphatic hydroxyl groups is 1. The predicted molar refractivity (Wildman–Crippen MR) is 65.5 cm³/mol. The molecule has 16 heavy (non-hydrogen) atoms. The van der Waals surface area contributed by atoms with Crippen LogP contribution < -0.4 is 0 Å². The van der Waals surface area contributed by atoms with Crippen LogP contribution in [-0.2, 0) is 0 Å². The quantitative estimate of drug-likeness (QED) is 0.851. The van der Waals surface area contributed by atoms with Crippen LogP contribution >= 0.6 is 0 Å². The van der Waals surface area contributed by atoms with Gasteiger partial charge in [0.2, 0.25) is 0 Å². The molecule has 1 aromatic carbocycles. The van der Waals surface area contributed by atoms with Gasteiger partial charge in [0.25, 0.3) is 0 Å².